The van der Waals surface area contributed by atoms with Crippen molar-refractivity contribution in [2.24, 2.45) is 0 Å². The Kier molecular flexibility index (Phi) is 2.67. The Morgan fingerprint density at radius 2 is 2.47 bits per heavy atom. The number of carbonyl (C=O) groups is 1. The molecule has 0 aliphatic rings. The van der Waals surface area contributed by atoms with Crippen LogP contribution in [-0.2, 0) is 4.79 Å². The van der Waals surface area contributed by atoms with Gasteiger partial charge in [0.2, 0.25) is 5.88 Å². The number of esters is 1. The molecular weight excluding hydrogens is 194 g/mol. The Hall–Kier alpha value is -1.84. The number of hydrogen-bond donors (Lipinski definition) is 0. The van der Waals surface area contributed by atoms with E-state index in [4.69, 9.17) is 9.15 Å². The minimum absolute atomic E-state index is 0.257. The highest BCUT2D eigenvalue weighted by atomic mass is 16.5. The molecule has 0 fully saturated rings. The van der Waals surface area contributed by atoms with Gasteiger partial charge in [-0.25, -0.2) is 4.98 Å². The minimum atomic E-state index is -0.257. The van der Waals surface area contributed by atoms with Crippen LogP contribution in [0.15, 0.2) is 29.0 Å². The highest BCUT2D eigenvalue weighted by molar-refractivity contribution is 5.78. The van der Waals surface area contributed by atoms with E-state index in [0.29, 0.717) is 17.9 Å². The van der Waals surface area contributed by atoms with E-state index < -0.39 is 0 Å². The first-order valence-electron chi connectivity index (χ1n) is 4.83. The summed E-state index contributed by atoms with van der Waals surface area (Å²) in [4.78, 5) is 15.2. The number of ether oxygens (including phenoxy) is 1. The molecule has 0 aliphatic heterocycles. The van der Waals surface area contributed by atoms with Crippen molar-refractivity contribution in [3.63, 3.8) is 0 Å². The van der Waals surface area contributed by atoms with E-state index in [1.165, 1.54) is 0 Å². The maximum absolute atomic E-state index is 11.2. The summed E-state index contributed by atoms with van der Waals surface area (Å²) >= 11 is 0. The van der Waals surface area contributed by atoms with E-state index in [1.54, 1.807) is 24.6 Å². The first-order chi connectivity index (χ1) is 7.29. The van der Waals surface area contributed by atoms with Gasteiger partial charge < -0.3 is 9.15 Å². The van der Waals surface area contributed by atoms with Crippen LogP contribution in [0.3, 0.4) is 0 Å². The fraction of sp³-hybridized carbons (Fsp3) is 0.273. The molecule has 2 aromatic rings. The largest absolute Gasteiger partial charge is 0.463 e. The Labute approximate surface area is 86.9 Å². The van der Waals surface area contributed by atoms with Crippen molar-refractivity contribution in [2.45, 2.75) is 19.8 Å². The quantitative estimate of drug-likeness (QED) is 0.722. The van der Waals surface area contributed by atoms with E-state index in [2.05, 4.69) is 4.98 Å². The molecule has 0 saturated carbocycles. The second-order valence-corrected chi connectivity index (χ2v) is 3.21. The zero-order valence-electron chi connectivity index (χ0n) is 8.40. The van der Waals surface area contributed by atoms with Crippen molar-refractivity contribution >= 4 is 16.9 Å². The van der Waals surface area contributed by atoms with Gasteiger partial charge in [-0.05, 0) is 12.5 Å². The Morgan fingerprint density at radius 1 is 1.60 bits per heavy atom. The Morgan fingerprint density at radius 3 is 3.27 bits per heavy atom. The molecule has 0 radical (unpaired) electrons. The van der Waals surface area contributed by atoms with Crippen LogP contribution in [0.4, 0.5) is 0 Å². The van der Waals surface area contributed by atoms with Gasteiger partial charge in [0.25, 0.3) is 0 Å². The predicted octanol–water partition coefficient (Wildman–Crippen LogP) is 2.53. The third-order valence-electron chi connectivity index (χ3n) is 1.99. The Bertz CT molecular complexity index is 475. The summed E-state index contributed by atoms with van der Waals surface area (Å²) in [6, 6.07) is 3.49. The lowest BCUT2D eigenvalue weighted by Gasteiger charge is -2.01. The van der Waals surface area contributed by atoms with Gasteiger partial charge in [0.1, 0.15) is 0 Å². The molecule has 2 rings (SSSR count). The average Bonchev–Trinajstić information content (AvgIpc) is 2.65. The molecule has 0 N–H and O–H groups in total. The van der Waals surface area contributed by atoms with Crippen molar-refractivity contribution in [2.75, 3.05) is 0 Å². The van der Waals surface area contributed by atoms with Crippen molar-refractivity contribution in [1.82, 2.24) is 4.98 Å². The van der Waals surface area contributed by atoms with E-state index in [0.717, 1.165) is 11.8 Å². The summed E-state index contributed by atoms with van der Waals surface area (Å²) in [6.45, 7) is 1.92. The lowest BCUT2D eigenvalue weighted by Crippen LogP contribution is -2.07. The van der Waals surface area contributed by atoms with Gasteiger partial charge in [-0.2, -0.15) is 0 Å². The summed E-state index contributed by atoms with van der Waals surface area (Å²) in [5.41, 5.74) is 0.685. The second kappa shape index (κ2) is 4.13. The van der Waals surface area contributed by atoms with Crippen LogP contribution in [0.2, 0.25) is 0 Å². The van der Waals surface area contributed by atoms with Gasteiger partial charge >= 0.3 is 5.97 Å². The van der Waals surface area contributed by atoms with E-state index in [9.17, 15) is 4.79 Å². The van der Waals surface area contributed by atoms with Crippen LogP contribution in [0.5, 0.6) is 5.88 Å². The highest BCUT2D eigenvalue weighted by Crippen LogP contribution is 2.18. The van der Waals surface area contributed by atoms with E-state index in [-0.39, 0.29) is 5.97 Å². The molecule has 0 aliphatic carbocycles. The normalized spacial score (nSPS) is 10.5. The summed E-state index contributed by atoms with van der Waals surface area (Å²) < 4.78 is 10.2. The third kappa shape index (κ3) is 2.15. The van der Waals surface area contributed by atoms with Crippen molar-refractivity contribution in [3.05, 3.63) is 24.6 Å². The molecular formula is C11H11NO3. The van der Waals surface area contributed by atoms with Crippen molar-refractivity contribution in [3.8, 4) is 5.88 Å². The standard InChI is InChI=1S/C11H11NO3/c1-2-3-11(13)15-10-6-8-4-5-14-9(8)7-12-10/h4-7H,2-3H2,1H3. The molecule has 78 valence electrons. The lowest BCUT2D eigenvalue weighted by atomic mass is 10.3. The number of nitrogens with zero attached hydrogens (tertiary/aromatic N) is 1. The maximum atomic E-state index is 11.2. The minimum Gasteiger partial charge on any atom is -0.463 e. The molecule has 2 heterocycles. The van der Waals surface area contributed by atoms with E-state index >= 15 is 0 Å². The molecule has 0 atom stereocenters. The lowest BCUT2D eigenvalue weighted by molar-refractivity contribution is -0.134. The molecule has 0 unspecified atom stereocenters. The average molecular weight is 205 g/mol. The molecule has 0 aromatic carbocycles. The SMILES string of the molecule is CCCC(=O)Oc1cc2ccoc2cn1. The van der Waals surface area contributed by atoms with Crippen LogP contribution in [0.1, 0.15) is 19.8 Å². The van der Waals surface area contributed by atoms with Crippen molar-refractivity contribution < 1.29 is 13.9 Å². The number of rotatable bonds is 3. The summed E-state index contributed by atoms with van der Waals surface area (Å²) in [6.07, 6.45) is 4.30. The highest BCUT2D eigenvalue weighted by Gasteiger charge is 2.06. The smallest absolute Gasteiger partial charge is 0.312 e. The van der Waals surface area contributed by atoms with E-state index in [1.807, 2.05) is 6.92 Å². The number of pyridine rings is 1. The number of hydrogen-bond acceptors (Lipinski definition) is 4. The zero-order chi connectivity index (χ0) is 10.7. The zero-order valence-corrected chi connectivity index (χ0v) is 8.40. The van der Waals surface area contributed by atoms with Crippen LogP contribution in [0, 0.1) is 0 Å². The van der Waals surface area contributed by atoms with Gasteiger partial charge in [-0.1, -0.05) is 6.92 Å². The molecule has 0 bridgehead atoms. The van der Waals surface area contributed by atoms with Gasteiger partial charge in [-0.15, -0.1) is 0 Å². The third-order valence-corrected chi connectivity index (χ3v) is 1.99. The molecule has 2 aromatic heterocycles. The molecule has 0 saturated heterocycles. The van der Waals surface area contributed by atoms with Gasteiger partial charge in [0.15, 0.2) is 5.58 Å². The number of carbonyl (C=O) groups excluding carboxylic acids is 1. The van der Waals surface area contributed by atoms with Crippen LogP contribution in [-0.4, -0.2) is 11.0 Å². The van der Waals surface area contributed by atoms with Crippen LogP contribution >= 0.6 is 0 Å². The fourth-order valence-corrected chi connectivity index (χ4v) is 1.28. The first kappa shape index (κ1) is 9.71. The fourth-order valence-electron chi connectivity index (χ4n) is 1.28. The number of furan rings is 1. The van der Waals surface area contributed by atoms with Gasteiger partial charge in [0, 0.05) is 17.9 Å². The predicted molar refractivity (Wildman–Crippen MR) is 54.6 cm³/mol. The van der Waals surface area contributed by atoms with Crippen LogP contribution in [0.25, 0.3) is 11.0 Å². The molecule has 0 spiro atoms. The molecule has 4 nitrogen and oxygen atoms in total. The first-order valence-corrected chi connectivity index (χ1v) is 4.83. The number of fused-ring (bicyclic) bond motifs is 1. The van der Waals surface area contributed by atoms with Crippen molar-refractivity contribution in [1.29, 1.82) is 0 Å². The molecule has 15 heavy (non-hydrogen) atoms. The molecule has 4 heteroatoms. The second-order valence-electron chi connectivity index (χ2n) is 3.21. The van der Waals surface area contributed by atoms with Crippen LogP contribution < -0.4 is 4.74 Å². The summed E-state index contributed by atoms with van der Waals surface area (Å²) in [5, 5.41) is 0.879. The summed E-state index contributed by atoms with van der Waals surface area (Å²) in [5.74, 6) is 0.0650. The van der Waals surface area contributed by atoms with Gasteiger partial charge in [0.05, 0.1) is 12.5 Å². The Balaban J connectivity index is 2.17. The monoisotopic (exact) mass is 205 g/mol. The molecule has 0 amide bonds. The number of aromatic nitrogens is 1. The summed E-state index contributed by atoms with van der Waals surface area (Å²) in [7, 11) is 0. The maximum Gasteiger partial charge on any atom is 0.312 e. The topological polar surface area (TPSA) is 52.3 Å². The van der Waals surface area contributed by atoms with Gasteiger partial charge in [-0.3, -0.25) is 4.79 Å².